The number of hydrogen-bond acceptors (Lipinski definition) is 5. The van der Waals surface area contributed by atoms with Crippen LogP contribution in [0.5, 0.6) is 0 Å². The number of halogens is 5. The van der Waals surface area contributed by atoms with Gasteiger partial charge in [0.1, 0.15) is 11.9 Å². The topological polar surface area (TPSA) is 92.8 Å². The highest BCUT2D eigenvalue weighted by atomic mass is 32.2. The maximum absolute atomic E-state index is 15.5. The zero-order valence-electron chi connectivity index (χ0n) is 20.5. The van der Waals surface area contributed by atoms with Crippen LogP contribution in [-0.2, 0) is 25.5 Å². The van der Waals surface area contributed by atoms with Crippen LogP contribution in [0.4, 0.5) is 22.0 Å². The largest absolute Gasteiger partial charge is 0.416 e. The number of rotatable bonds is 6. The van der Waals surface area contributed by atoms with Crippen LogP contribution in [0.1, 0.15) is 33.9 Å². The van der Waals surface area contributed by atoms with Gasteiger partial charge in [-0.25, -0.2) is 17.2 Å². The van der Waals surface area contributed by atoms with E-state index in [1.165, 1.54) is 18.2 Å². The fourth-order valence-electron chi connectivity index (χ4n) is 4.58. The molecule has 2 heterocycles. The van der Waals surface area contributed by atoms with Crippen LogP contribution in [0.25, 0.3) is 0 Å². The third kappa shape index (κ3) is 5.77. The summed E-state index contributed by atoms with van der Waals surface area (Å²) >= 11 is 0. The fraction of sp³-hybridized carbons (Fsp3) is 0.385. The molecule has 2 amide bonds. The van der Waals surface area contributed by atoms with Gasteiger partial charge in [0.15, 0.2) is 15.5 Å². The maximum Gasteiger partial charge on any atom is 0.416 e. The van der Waals surface area contributed by atoms with Gasteiger partial charge in [0.05, 0.1) is 29.7 Å². The first kappa shape index (κ1) is 28.5. The quantitative estimate of drug-likeness (QED) is 0.425. The van der Waals surface area contributed by atoms with Crippen LogP contribution >= 0.6 is 0 Å². The second-order valence-electron chi connectivity index (χ2n) is 9.58. The Labute approximate surface area is 221 Å². The minimum absolute atomic E-state index is 0.0299. The van der Waals surface area contributed by atoms with Gasteiger partial charge >= 0.3 is 6.18 Å². The zero-order valence-corrected chi connectivity index (χ0v) is 21.3. The van der Waals surface area contributed by atoms with Crippen molar-refractivity contribution in [3.8, 4) is 12.3 Å². The Bertz CT molecular complexity index is 1450. The molecule has 3 atom stereocenters. The molecule has 2 aliphatic rings. The van der Waals surface area contributed by atoms with Crippen molar-refractivity contribution >= 4 is 21.7 Å². The molecular formula is C26H23F5N2O5S. The highest BCUT2D eigenvalue weighted by Crippen LogP contribution is 2.39. The van der Waals surface area contributed by atoms with Crippen LogP contribution in [0.2, 0.25) is 0 Å². The number of sulfone groups is 1. The Morgan fingerprint density at radius 1 is 1.21 bits per heavy atom. The molecule has 2 saturated heterocycles. The number of terminal acetylenes is 1. The van der Waals surface area contributed by atoms with Crippen molar-refractivity contribution in [2.24, 2.45) is 5.92 Å². The van der Waals surface area contributed by atoms with Gasteiger partial charge < -0.3 is 15.0 Å². The number of nitrogens with zero attached hydrogens (tertiary/aromatic N) is 1. The molecule has 1 N–H and O–H groups in total. The number of nitrogens with one attached hydrogen (secondary N) is 1. The summed E-state index contributed by atoms with van der Waals surface area (Å²) in [7, 11) is -3.65. The maximum atomic E-state index is 15.5. The van der Waals surface area contributed by atoms with Crippen LogP contribution < -0.4 is 5.32 Å². The fourth-order valence-corrected chi connectivity index (χ4v) is 5.25. The lowest BCUT2D eigenvalue weighted by atomic mass is 9.87. The lowest BCUT2D eigenvalue weighted by molar-refractivity contribution is -0.155. The number of alkyl halides is 4. The van der Waals surface area contributed by atoms with Gasteiger partial charge in [-0.2, -0.15) is 13.2 Å². The highest BCUT2D eigenvalue weighted by molar-refractivity contribution is 7.90. The normalized spacial score (nSPS) is 21.5. The highest BCUT2D eigenvalue weighted by Gasteiger charge is 2.50. The lowest BCUT2D eigenvalue weighted by Crippen LogP contribution is -2.58. The second kappa shape index (κ2) is 10.2. The molecule has 0 spiro atoms. The Hall–Kier alpha value is -3.50. The van der Waals surface area contributed by atoms with Crippen LogP contribution in [0, 0.1) is 24.1 Å². The molecule has 4 rings (SSSR count). The second-order valence-corrected chi connectivity index (χ2v) is 11.6. The number of ether oxygens (including phenoxy) is 1. The molecule has 13 heteroatoms. The molecule has 0 aliphatic carbocycles. The van der Waals surface area contributed by atoms with E-state index in [-0.39, 0.29) is 29.5 Å². The van der Waals surface area contributed by atoms with Crippen LogP contribution in [-0.4, -0.2) is 62.9 Å². The minimum atomic E-state index is -4.84. The van der Waals surface area contributed by atoms with Crippen molar-refractivity contribution in [2.45, 2.75) is 35.2 Å². The van der Waals surface area contributed by atoms with E-state index in [0.717, 1.165) is 23.3 Å². The van der Waals surface area contributed by atoms with Gasteiger partial charge in [-0.05, 0) is 36.8 Å². The van der Waals surface area contributed by atoms with Gasteiger partial charge in [-0.1, -0.05) is 12.1 Å². The van der Waals surface area contributed by atoms with Crippen molar-refractivity contribution in [1.29, 1.82) is 0 Å². The van der Waals surface area contributed by atoms with Gasteiger partial charge in [0.2, 0.25) is 5.91 Å². The number of hydrogen-bond donors (Lipinski definition) is 1. The van der Waals surface area contributed by atoms with Crippen molar-refractivity contribution < 1.29 is 44.7 Å². The summed E-state index contributed by atoms with van der Waals surface area (Å²) in [6, 6.07) is 3.75. The molecular weight excluding hydrogens is 547 g/mol. The van der Waals surface area contributed by atoms with Gasteiger partial charge in [-0.15, -0.1) is 12.3 Å². The summed E-state index contributed by atoms with van der Waals surface area (Å²) in [6.07, 6.45) is 1.62. The van der Waals surface area contributed by atoms with E-state index in [1.807, 2.05) is 0 Å². The molecule has 0 unspecified atom stereocenters. The summed E-state index contributed by atoms with van der Waals surface area (Å²) in [4.78, 5) is 27.7. The molecule has 7 nitrogen and oxygen atoms in total. The molecule has 0 aromatic heterocycles. The van der Waals surface area contributed by atoms with Gasteiger partial charge in [0, 0.05) is 29.8 Å². The van der Waals surface area contributed by atoms with E-state index in [0.29, 0.717) is 6.07 Å². The van der Waals surface area contributed by atoms with Gasteiger partial charge in [-0.3, -0.25) is 9.59 Å². The summed E-state index contributed by atoms with van der Waals surface area (Å²) in [5, 5.41) is 2.36. The Kier molecular flexibility index (Phi) is 7.48. The molecule has 39 heavy (non-hydrogen) atoms. The summed E-state index contributed by atoms with van der Waals surface area (Å²) in [5.74, 6) is -1.11. The Morgan fingerprint density at radius 2 is 1.90 bits per heavy atom. The first-order valence-electron chi connectivity index (χ1n) is 11.6. The predicted molar refractivity (Wildman–Crippen MR) is 128 cm³/mol. The summed E-state index contributed by atoms with van der Waals surface area (Å²) in [5.41, 5.74) is -4.16. The van der Waals surface area contributed by atoms with E-state index in [1.54, 1.807) is 0 Å². The minimum Gasteiger partial charge on any atom is -0.374 e. The van der Waals surface area contributed by atoms with E-state index in [2.05, 4.69) is 11.2 Å². The van der Waals surface area contributed by atoms with E-state index >= 15 is 4.39 Å². The number of carbonyl (C=O) groups is 2. The number of amides is 2. The Balaban J connectivity index is 1.65. The molecule has 2 aromatic rings. The first-order valence-corrected chi connectivity index (χ1v) is 13.5. The van der Waals surface area contributed by atoms with Crippen molar-refractivity contribution in [3.63, 3.8) is 0 Å². The van der Waals surface area contributed by atoms with Crippen molar-refractivity contribution in [3.05, 3.63) is 65.0 Å². The Morgan fingerprint density at radius 3 is 2.44 bits per heavy atom. The smallest absolute Gasteiger partial charge is 0.374 e. The molecule has 0 bridgehead atoms. The van der Waals surface area contributed by atoms with Crippen LogP contribution in [0.3, 0.4) is 0 Å². The number of benzene rings is 2. The standard InChI is InChI=1S/C26H23F5N2O5S/c1-3-15-9-21(33(12-15)24(35)16-5-4-6-18(10-16)39(2,36)37)23(34)32-22(25(28)13-38-14-25)19-8-7-17(11-20(19)27)26(29,30)31/h1,4-8,10-11,15,21-22H,9,12-14H2,2H3,(H,32,34)/t15-,21-,22+/m1/s1. The SMILES string of the molecule is C#C[C@@H]1C[C@H](C(=O)N[C@@H](c2ccc(C(F)(F)F)cc2F)C2(F)COC2)N(C(=O)c2cccc(S(C)(=O)=O)c2)C1. The lowest BCUT2D eigenvalue weighted by Gasteiger charge is -2.41. The van der Waals surface area contributed by atoms with Crippen LogP contribution in [0.15, 0.2) is 47.4 Å². The zero-order chi connectivity index (χ0) is 28.8. The molecule has 2 aromatic carbocycles. The average Bonchev–Trinajstić information content (AvgIpc) is 3.29. The molecule has 2 fully saturated rings. The third-order valence-corrected chi connectivity index (χ3v) is 7.85. The molecule has 0 radical (unpaired) electrons. The monoisotopic (exact) mass is 570 g/mol. The molecule has 208 valence electrons. The average molecular weight is 571 g/mol. The van der Waals surface area contributed by atoms with Crippen molar-refractivity contribution in [2.75, 3.05) is 26.0 Å². The first-order chi connectivity index (χ1) is 18.1. The van der Waals surface area contributed by atoms with Crippen molar-refractivity contribution in [1.82, 2.24) is 10.2 Å². The van der Waals surface area contributed by atoms with E-state index < -0.39 is 81.7 Å². The third-order valence-electron chi connectivity index (χ3n) is 6.74. The van der Waals surface area contributed by atoms with E-state index in [4.69, 9.17) is 11.2 Å². The molecule has 2 aliphatic heterocycles. The van der Waals surface area contributed by atoms with E-state index in [9.17, 15) is 35.6 Å². The summed E-state index contributed by atoms with van der Waals surface area (Å²) in [6.45, 7) is -1.16. The summed E-state index contributed by atoms with van der Waals surface area (Å²) < 4.78 is 98.2. The number of likely N-dealkylation sites (tertiary alicyclic amines) is 1. The molecule has 0 saturated carbocycles. The number of carbonyl (C=O) groups excluding carboxylic acids is 2. The van der Waals surface area contributed by atoms with Gasteiger partial charge in [0.25, 0.3) is 5.91 Å². The predicted octanol–water partition coefficient (Wildman–Crippen LogP) is 3.31.